The molecule has 1 N–H and O–H groups in total. The van der Waals surface area contributed by atoms with E-state index in [1.54, 1.807) is 0 Å². The predicted molar refractivity (Wildman–Crippen MR) is 61.0 cm³/mol. The number of allylic oxidation sites excluding steroid dienone is 1. The molecule has 13 heavy (non-hydrogen) atoms. The lowest BCUT2D eigenvalue weighted by molar-refractivity contribution is 0.274. The molecule has 0 radical (unpaired) electrons. The summed E-state index contributed by atoms with van der Waals surface area (Å²) in [6.07, 6.45) is 3.63. The third-order valence-corrected chi connectivity index (χ3v) is 2.58. The van der Waals surface area contributed by atoms with E-state index in [-0.39, 0.29) is 0 Å². The molecule has 0 aliphatic heterocycles. The Morgan fingerprint density at radius 2 is 2.00 bits per heavy atom. The van der Waals surface area contributed by atoms with Crippen LogP contribution in [0.4, 0.5) is 0 Å². The molecule has 0 saturated heterocycles. The zero-order valence-corrected chi connectivity index (χ0v) is 9.91. The van der Waals surface area contributed by atoms with Crippen LogP contribution in [0.15, 0.2) is 12.2 Å². The molecule has 0 aliphatic carbocycles. The average Bonchev–Trinajstić information content (AvgIpc) is 2.00. The van der Waals surface area contributed by atoms with Crippen molar-refractivity contribution in [2.45, 2.75) is 53.0 Å². The summed E-state index contributed by atoms with van der Waals surface area (Å²) in [5, 5.41) is 3.29. The molecule has 1 nitrogen and oxygen atoms in total. The van der Waals surface area contributed by atoms with Crippen molar-refractivity contribution in [3.63, 3.8) is 0 Å². The Labute approximate surface area is 83.6 Å². The van der Waals surface area contributed by atoms with Crippen molar-refractivity contribution in [1.82, 2.24) is 5.32 Å². The van der Waals surface area contributed by atoms with Crippen molar-refractivity contribution < 1.29 is 0 Å². The second-order valence-corrected chi connectivity index (χ2v) is 5.02. The smallest absolute Gasteiger partial charge is 0.00408 e. The van der Waals surface area contributed by atoms with Crippen LogP contribution in [0.1, 0.15) is 47.0 Å². The first-order valence-corrected chi connectivity index (χ1v) is 5.19. The number of hydrogen-bond donors (Lipinski definition) is 1. The Morgan fingerprint density at radius 1 is 1.46 bits per heavy atom. The lowest BCUT2D eigenvalue weighted by atomic mass is 9.81. The Morgan fingerprint density at radius 3 is 2.38 bits per heavy atom. The molecule has 0 spiro atoms. The summed E-state index contributed by atoms with van der Waals surface area (Å²) in [5.41, 5.74) is 1.73. The van der Waals surface area contributed by atoms with Crippen molar-refractivity contribution in [2.24, 2.45) is 5.41 Å². The van der Waals surface area contributed by atoms with Gasteiger partial charge in [0.2, 0.25) is 0 Å². The highest BCUT2D eigenvalue weighted by molar-refractivity contribution is 4.90. The minimum atomic E-state index is 0.432. The van der Waals surface area contributed by atoms with E-state index in [0.29, 0.717) is 11.5 Å². The highest BCUT2D eigenvalue weighted by atomic mass is 14.9. The lowest BCUT2D eigenvalue weighted by Gasteiger charge is -2.28. The lowest BCUT2D eigenvalue weighted by Crippen LogP contribution is -2.28. The van der Waals surface area contributed by atoms with E-state index < -0.39 is 0 Å². The molecule has 0 heterocycles. The second kappa shape index (κ2) is 5.43. The fourth-order valence-corrected chi connectivity index (χ4v) is 1.58. The van der Waals surface area contributed by atoms with Crippen LogP contribution in [-0.2, 0) is 0 Å². The van der Waals surface area contributed by atoms with Crippen LogP contribution in [-0.4, -0.2) is 13.1 Å². The fraction of sp³-hybridized carbons (Fsp3) is 0.833. The Kier molecular flexibility index (Phi) is 5.31. The van der Waals surface area contributed by atoms with Gasteiger partial charge in [0.1, 0.15) is 0 Å². The van der Waals surface area contributed by atoms with Crippen LogP contribution in [0.25, 0.3) is 0 Å². The third kappa shape index (κ3) is 6.83. The van der Waals surface area contributed by atoms with Crippen LogP contribution in [0.2, 0.25) is 0 Å². The van der Waals surface area contributed by atoms with Gasteiger partial charge in [-0.3, -0.25) is 0 Å². The van der Waals surface area contributed by atoms with Gasteiger partial charge < -0.3 is 5.32 Å². The topological polar surface area (TPSA) is 12.0 Å². The van der Waals surface area contributed by atoms with Crippen molar-refractivity contribution in [3.05, 3.63) is 12.2 Å². The van der Waals surface area contributed by atoms with E-state index in [1.807, 2.05) is 7.05 Å². The molecule has 1 heteroatoms. The number of hydrogen-bond acceptors (Lipinski definition) is 1. The maximum absolute atomic E-state index is 3.94. The van der Waals surface area contributed by atoms with Gasteiger partial charge in [-0.05, 0) is 45.6 Å². The van der Waals surface area contributed by atoms with Crippen LogP contribution in [0.5, 0.6) is 0 Å². The van der Waals surface area contributed by atoms with Crippen LogP contribution in [0.3, 0.4) is 0 Å². The normalized spacial score (nSPS) is 14.2. The summed E-state index contributed by atoms with van der Waals surface area (Å²) in [4.78, 5) is 0. The van der Waals surface area contributed by atoms with Gasteiger partial charge in [-0.15, -0.1) is 6.58 Å². The molecule has 1 atom stereocenters. The van der Waals surface area contributed by atoms with E-state index in [0.717, 1.165) is 6.42 Å². The predicted octanol–water partition coefficient (Wildman–Crippen LogP) is 3.37. The molecule has 0 rings (SSSR count). The quantitative estimate of drug-likeness (QED) is 0.623. The summed E-state index contributed by atoms with van der Waals surface area (Å²) in [6, 6.07) is 0.611. The van der Waals surface area contributed by atoms with Gasteiger partial charge in [0, 0.05) is 6.04 Å². The van der Waals surface area contributed by atoms with Crippen molar-refractivity contribution in [2.75, 3.05) is 7.05 Å². The average molecular weight is 183 g/mol. The Hall–Kier alpha value is -0.300. The summed E-state index contributed by atoms with van der Waals surface area (Å²) in [7, 11) is 2.03. The van der Waals surface area contributed by atoms with Crippen LogP contribution in [0, 0.1) is 5.41 Å². The van der Waals surface area contributed by atoms with E-state index >= 15 is 0 Å². The first-order valence-electron chi connectivity index (χ1n) is 5.19. The van der Waals surface area contributed by atoms with Gasteiger partial charge in [-0.2, -0.15) is 0 Å². The van der Waals surface area contributed by atoms with E-state index in [1.165, 1.54) is 18.4 Å². The largest absolute Gasteiger partial charge is 0.317 e. The summed E-state index contributed by atoms with van der Waals surface area (Å²) in [6.45, 7) is 13.0. The molecule has 0 fully saturated rings. The van der Waals surface area contributed by atoms with E-state index in [4.69, 9.17) is 0 Å². The highest BCUT2D eigenvalue weighted by Crippen LogP contribution is 2.29. The molecule has 0 aromatic rings. The van der Waals surface area contributed by atoms with Crippen molar-refractivity contribution in [3.8, 4) is 0 Å². The second-order valence-electron chi connectivity index (χ2n) is 5.02. The highest BCUT2D eigenvalue weighted by Gasteiger charge is 2.19. The minimum Gasteiger partial charge on any atom is -0.317 e. The van der Waals surface area contributed by atoms with E-state index in [2.05, 4.69) is 39.6 Å². The molecule has 0 saturated carbocycles. The maximum Gasteiger partial charge on any atom is 0.00408 e. The molecule has 1 unspecified atom stereocenters. The van der Waals surface area contributed by atoms with Crippen LogP contribution >= 0.6 is 0 Å². The molecule has 0 aromatic heterocycles. The first-order chi connectivity index (χ1) is 5.87. The Balaban J connectivity index is 3.85. The van der Waals surface area contributed by atoms with Crippen molar-refractivity contribution in [1.29, 1.82) is 0 Å². The van der Waals surface area contributed by atoms with Gasteiger partial charge in [-0.25, -0.2) is 0 Å². The molecule has 0 bridgehead atoms. The summed E-state index contributed by atoms with van der Waals surface area (Å²) < 4.78 is 0. The summed E-state index contributed by atoms with van der Waals surface area (Å²) in [5.74, 6) is 0. The number of nitrogens with one attached hydrogen (secondary N) is 1. The van der Waals surface area contributed by atoms with Crippen molar-refractivity contribution >= 4 is 0 Å². The fourth-order valence-electron chi connectivity index (χ4n) is 1.58. The zero-order chi connectivity index (χ0) is 10.5. The molecule has 0 aromatic carbocycles. The minimum absolute atomic E-state index is 0.432. The molecular formula is C12H25N. The maximum atomic E-state index is 3.94. The van der Waals surface area contributed by atoms with Gasteiger partial charge >= 0.3 is 0 Å². The molecular weight excluding hydrogens is 158 g/mol. The SMILES string of the molecule is C=C(C)CCC(C)(C)CC(C)NC. The standard InChI is InChI=1S/C12H25N/c1-10(2)7-8-12(4,5)9-11(3)13-6/h11,13H,1,7-9H2,2-6H3. The zero-order valence-electron chi connectivity index (χ0n) is 9.91. The Bertz CT molecular complexity index is 159. The van der Waals surface area contributed by atoms with Gasteiger partial charge in [0.25, 0.3) is 0 Å². The van der Waals surface area contributed by atoms with E-state index in [9.17, 15) is 0 Å². The number of rotatable bonds is 6. The molecule has 78 valence electrons. The van der Waals surface area contributed by atoms with Gasteiger partial charge in [0.15, 0.2) is 0 Å². The van der Waals surface area contributed by atoms with Gasteiger partial charge in [-0.1, -0.05) is 19.4 Å². The monoisotopic (exact) mass is 183 g/mol. The summed E-state index contributed by atoms with van der Waals surface area (Å²) >= 11 is 0. The third-order valence-electron chi connectivity index (χ3n) is 2.58. The molecule has 0 aliphatic rings. The van der Waals surface area contributed by atoms with Gasteiger partial charge in [0.05, 0.1) is 0 Å². The first kappa shape index (κ1) is 12.7. The van der Waals surface area contributed by atoms with Crippen LogP contribution < -0.4 is 5.32 Å². The molecule has 0 amide bonds.